The molecule has 1 aromatic carbocycles. The van der Waals surface area contributed by atoms with E-state index in [2.05, 4.69) is 10.9 Å². The van der Waals surface area contributed by atoms with Gasteiger partial charge in [0, 0.05) is 24.4 Å². The Morgan fingerprint density at radius 3 is 2.23 bits per heavy atom. The first-order valence-corrected chi connectivity index (χ1v) is 7.54. The van der Waals surface area contributed by atoms with Gasteiger partial charge in [-0.05, 0) is 6.07 Å². The van der Waals surface area contributed by atoms with E-state index in [-0.39, 0.29) is 23.4 Å². The molecular formula is C17H19N3O6. The second-order valence-electron chi connectivity index (χ2n) is 5.08. The number of amides is 2. The van der Waals surface area contributed by atoms with Crippen LogP contribution >= 0.6 is 0 Å². The molecule has 2 rings (SSSR count). The molecule has 0 fully saturated rings. The van der Waals surface area contributed by atoms with Gasteiger partial charge in [-0.1, -0.05) is 6.07 Å². The monoisotopic (exact) mass is 361 g/mol. The van der Waals surface area contributed by atoms with Crippen LogP contribution in [0.3, 0.4) is 0 Å². The summed E-state index contributed by atoms with van der Waals surface area (Å²) in [6.45, 7) is -0.233. The third-order valence-electron chi connectivity index (χ3n) is 3.48. The Morgan fingerprint density at radius 2 is 1.62 bits per heavy atom. The minimum Gasteiger partial charge on any atom is -0.496 e. The van der Waals surface area contributed by atoms with Crippen molar-refractivity contribution in [3.05, 3.63) is 52.4 Å². The summed E-state index contributed by atoms with van der Waals surface area (Å²) < 4.78 is 16.7. The van der Waals surface area contributed by atoms with Crippen molar-refractivity contribution in [3.63, 3.8) is 0 Å². The minimum atomic E-state index is -0.614. The van der Waals surface area contributed by atoms with Crippen LogP contribution in [0.4, 0.5) is 0 Å². The van der Waals surface area contributed by atoms with Gasteiger partial charge in [0.1, 0.15) is 12.3 Å². The first-order chi connectivity index (χ1) is 12.5. The van der Waals surface area contributed by atoms with Crippen molar-refractivity contribution in [2.24, 2.45) is 0 Å². The third-order valence-corrected chi connectivity index (χ3v) is 3.48. The highest BCUT2D eigenvalue weighted by Crippen LogP contribution is 2.34. The molecule has 2 aromatic rings. The normalized spacial score (nSPS) is 9.96. The van der Waals surface area contributed by atoms with E-state index < -0.39 is 11.8 Å². The maximum atomic E-state index is 12.3. The fourth-order valence-corrected chi connectivity index (χ4v) is 2.19. The Morgan fingerprint density at radius 1 is 0.962 bits per heavy atom. The van der Waals surface area contributed by atoms with Gasteiger partial charge < -0.3 is 18.8 Å². The summed E-state index contributed by atoms with van der Waals surface area (Å²) in [6, 6.07) is 7.46. The van der Waals surface area contributed by atoms with Crippen LogP contribution in [0.25, 0.3) is 0 Å². The number of benzene rings is 1. The van der Waals surface area contributed by atoms with Crippen molar-refractivity contribution in [1.29, 1.82) is 0 Å². The molecule has 9 heteroatoms. The van der Waals surface area contributed by atoms with Crippen molar-refractivity contribution in [2.45, 2.75) is 6.54 Å². The molecule has 1 heterocycles. The van der Waals surface area contributed by atoms with Crippen LogP contribution in [0.1, 0.15) is 10.4 Å². The van der Waals surface area contributed by atoms with E-state index in [0.717, 1.165) is 0 Å². The second-order valence-corrected chi connectivity index (χ2v) is 5.08. The SMILES string of the molecule is COc1cc(OC)c(C(=O)NNC(=O)Cn2ccccc2=O)cc1OC. The van der Waals surface area contributed by atoms with Gasteiger partial charge in [0.25, 0.3) is 17.4 Å². The molecule has 2 amide bonds. The smallest absolute Gasteiger partial charge is 0.273 e. The number of pyridine rings is 1. The minimum absolute atomic E-state index is 0.141. The summed E-state index contributed by atoms with van der Waals surface area (Å²) in [4.78, 5) is 35.8. The highest BCUT2D eigenvalue weighted by atomic mass is 16.5. The highest BCUT2D eigenvalue weighted by Gasteiger charge is 2.18. The van der Waals surface area contributed by atoms with Crippen molar-refractivity contribution in [1.82, 2.24) is 15.4 Å². The zero-order valence-corrected chi connectivity index (χ0v) is 14.6. The molecule has 26 heavy (non-hydrogen) atoms. The topological polar surface area (TPSA) is 108 Å². The number of carbonyl (C=O) groups is 2. The molecule has 0 aliphatic heterocycles. The third kappa shape index (κ3) is 4.32. The van der Waals surface area contributed by atoms with Crippen LogP contribution < -0.4 is 30.6 Å². The van der Waals surface area contributed by atoms with Crippen LogP contribution in [0.15, 0.2) is 41.3 Å². The Kier molecular flexibility index (Phi) is 6.20. The van der Waals surface area contributed by atoms with E-state index >= 15 is 0 Å². The van der Waals surface area contributed by atoms with Gasteiger partial charge in [0.15, 0.2) is 11.5 Å². The number of ether oxygens (including phenoxy) is 3. The summed E-state index contributed by atoms with van der Waals surface area (Å²) in [5.41, 5.74) is 4.34. The Bertz CT molecular complexity index is 862. The predicted molar refractivity (Wildman–Crippen MR) is 92.4 cm³/mol. The molecule has 0 aliphatic carbocycles. The van der Waals surface area contributed by atoms with Crippen LogP contribution in [-0.4, -0.2) is 37.7 Å². The molecule has 0 radical (unpaired) electrons. The molecule has 0 saturated carbocycles. The maximum absolute atomic E-state index is 12.3. The molecule has 0 atom stereocenters. The fourth-order valence-electron chi connectivity index (χ4n) is 2.19. The number of methoxy groups -OCH3 is 3. The second kappa shape index (κ2) is 8.56. The number of carbonyl (C=O) groups excluding carboxylic acids is 2. The molecule has 2 N–H and O–H groups in total. The van der Waals surface area contributed by atoms with Gasteiger partial charge in [0.2, 0.25) is 0 Å². The highest BCUT2D eigenvalue weighted by molar-refractivity contribution is 5.98. The Labute approximate surface area is 149 Å². The van der Waals surface area contributed by atoms with Gasteiger partial charge in [-0.3, -0.25) is 25.2 Å². The number of nitrogens with one attached hydrogen (secondary N) is 2. The molecule has 0 unspecified atom stereocenters. The number of rotatable bonds is 6. The summed E-state index contributed by atoms with van der Waals surface area (Å²) >= 11 is 0. The molecule has 138 valence electrons. The number of nitrogens with zero attached hydrogens (tertiary/aromatic N) is 1. The van der Waals surface area contributed by atoms with E-state index in [1.165, 1.54) is 50.3 Å². The van der Waals surface area contributed by atoms with E-state index in [1.807, 2.05) is 0 Å². The average molecular weight is 361 g/mol. The summed E-state index contributed by atoms with van der Waals surface area (Å²) in [6.07, 6.45) is 1.47. The number of aromatic nitrogens is 1. The van der Waals surface area contributed by atoms with Crippen molar-refractivity contribution in [2.75, 3.05) is 21.3 Å². The van der Waals surface area contributed by atoms with Crippen molar-refractivity contribution >= 4 is 11.8 Å². The Balaban J connectivity index is 2.08. The van der Waals surface area contributed by atoms with Crippen LogP contribution in [0.2, 0.25) is 0 Å². The van der Waals surface area contributed by atoms with Crippen LogP contribution in [0.5, 0.6) is 17.2 Å². The molecule has 0 aliphatic rings. The molecule has 0 saturated heterocycles. The standard InChI is InChI=1S/C17H19N3O6/c1-24-12-9-14(26-3)13(25-2)8-11(12)17(23)19-18-15(21)10-20-7-5-4-6-16(20)22/h4-9H,10H2,1-3H3,(H,18,21)(H,19,23). The predicted octanol–water partition coefficient (Wildman–Crippen LogP) is 0.335. The number of hydrazine groups is 1. The lowest BCUT2D eigenvalue weighted by molar-refractivity contribution is -0.122. The largest absolute Gasteiger partial charge is 0.496 e. The van der Waals surface area contributed by atoms with Crippen molar-refractivity contribution < 1.29 is 23.8 Å². The van der Waals surface area contributed by atoms with E-state index in [1.54, 1.807) is 12.1 Å². The lowest BCUT2D eigenvalue weighted by Gasteiger charge is -2.14. The Hall–Kier alpha value is -3.49. The fraction of sp³-hybridized carbons (Fsp3) is 0.235. The zero-order chi connectivity index (χ0) is 19.1. The first-order valence-electron chi connectivity index (χ1n) is 7.54. The number of hydrogen-bond donors (Lipinski definition) is 2. The quantitative estimate of drug-likeness (QED) is 0.718. The summed E-state index contributed by atoms with van der Waals surface area (Å²) in [5.74, 6) is -0.203. The van der Waals surface area contributed by atoms with Gasteiger partial charge in [-0.25, -0.2) is 0 Å². The van der Waals surface area contributed by atoms with Crippen LogP contribution in [-0.2, 0) is 11.3 Å². The molecule has 0 bridgehead atoms. The van der Waals surface area contributed by atoms with Gasteiger partial charge in [0.05, 0.1) is 26.9 Å². The van der Waals surface area contributed by atoms with Gasteiger partial charge in [-0.15, -0.1) is 0 Å². The zero-order valence-electron chi connectivity index (χ0n) is 14.6. The first kappa shape index (κ1) is 18.8. The lowest BCUT2D eigenvalue weighted by atomic mass is 10.1. The number of hydrogen-bond acceptors (Lipinski definition) is 6. The van der Waals surface area contributed by atoms with Crippen molar-refractivity contribution in [3.8, 4) is 17.2 Å². The molecule has 1 aromatic heterocycles. The average Bonchev–Trinajstić information content (AvgIpc) is 2.66. The van der Waals surface area contributed by atoms with E-state index in [4.69, 9.17) is 14.2 Å². The summed E-state index contributed by atoms with van der Waals surface area (Å²) in [5, 5.41) is 0. The lowest BCUT2D eigenvalue weighted by Crippen LogP contribution is -2.44. The van der Waals surface area contributed by atoms with Gasteiger partial charge >= 0.3 is 0 Å². The molecule has 0 spiro atoms. The summed E-state index contributed by atoms with van der Waals surface area (Å²) in [7, 11) is 4.30. The van der Waals surface area contributed by atoms with Crippen LogP contribution in [0, 0.1) is 0 Å². The molecule has 9 nitrogen and oxygen atoms in total. The van der Waals surface area contributed by atoms with E-state index in [0.29, 0.717) is 11.5 Å². The maximum Gasteiger partial charge on any atom is 0.273 e. The van der Waals surface area contributed by atoms with E-state index in [9.17, 15) is 14.4 Å². The van der Waals surface area contributed by atoms with Gasteiger partial charge in [-0.2, -0.15) is 0 Å². The molecular weight excluding hydrogens is 342 g/mol.